The monoisotopic (exact) mass is 389 g/mol. The van der Waals surface area contributed by atoms with Crippen LogP contribution in [0.15, 0.2) is 60.7 Å². The molecule has 0 aliphatic carbocycles. The van der Waals surface area contributed by atoms with Crippen LogP contribution in [0, 0.1) is 17.1 Å². The first kappa shape index (κ1) is 19.6. The van der Waals surface area contributed by atoms with E-state index in [0.717, 1.165) is 0 Å². The highest BCUT2D eigenvalue weighted by molar-refractivity contribution is 6.17. The van der Waals surface area contributed by atoms with Gasteiger partial charge in [-0.05, 0) is 48.5 Å². The van der Waals surface area contributed by atoms with Crippen molar-refractivity contribution in [2.24, 2.45) is 0 Å². The lowest BCUT2D eigenvalue weighted by molar-refractivity contribution is 0.102. The summed E-state index contributed by atoms with van der Waals surface area (Å²) >= 11 is 0. The molecule has 3 aromatic carbocycles. The van der Waals surface area contributed by atoms with Crippen LogP contribution in [0.2, 0.25) is 0 Å². The molecule has 0 spiro atoms. The van der Waals surface area contributed by atoms with Gasteiger partial charge in [0.25, 0.3) is 5.91 Å². The van der Waals surface area contributed by atoms with Crippen molar-refractivity contribution >= 4 is 23.1 Å². The zero-order valence-corrected chi connectivity index (χ0v) is 15.4. The van der Waals surface area contributed by atoms with Gasteiger partial charge in [0.05, 0.1) is 29.6 Å². The lowest BCUT2D eigenvalue weighted by atomic mass is 9.98. The molecule has 0 fully saturated rings. The van der Waals surface area contributed by atoms with Gasteiger partial charge in [-0.15, -0.1) is 0 Å². The van der Waals surface area contributed by atoms with Crippen molar-refractivity contribution in [1.82, 2.24) is 0 Å². The molecule has 0 saturated heterocycles. The van der Waals surface area contributed by atoms with E-state index in [0.29, 0.717) is 11.3 Å². The maximum atomic E-state index is 14.5. The number of carbonyl (C=O) groups is 2. The summed E-state index contributed by atoms with van der Waals surface area (Å²) in [5.74, 6) is -1.53. The number of para-hydroxylation sites is 1. The lowest BCUT2D eigenvalue weighted by Crippen LogP contribution is -2.17. The molecule has 0 radical (unpaired) electrons. The minimum absolute atomic E-state index is 0.0147. The first-order valence-corrected chi connectivity index (χ1v) is 8.53. The molecule has 3 aromatic rings. The standard InChI is InChI=1S/C22H16FN3O3/c1-29-15-10-8-13(9-11-15)22(28)26-20-17(6-3-7-18(20)25)21(27)16-5-2-4-14(12-24)19(16)23/h2-11H,25H2,1H3,(H,26,28). The minimum Gasteiger partial charge on any atom is -0.497 e. The zero-order valence-electron chi connectivity index (χ0n) is 15.4. The summed E-state index contributed by atoms with van der Waals surface area (Å²) in [5.41, 5.74) is 6.00. The van der Waals surface area contributed by atoms with E-state index < -0.39 is 17.5 Å². The van der Waals surface area contributed by atoms with Gasteiger partial charge in [0, 0.05) is 11.1 Å². The second-order valence-electron chi connectivity index (χ2n) is 6.06. The van der Waals surface area contributed by atoms with E-state index in [1.54, 1.807) is 30.3 Å². The molecule has 144 valence electrons. The second kappa shape index (κ2) is 8.23. The summed E-state index contributed by atoms with van der Waals surface area (Å²) in [6.45, 7) is 0. The largest absolute Gasteiger partial charge is 0.497 e. The molecule has 0 aliphatic heterocycles. The third kappa shape index (κ3) is 3.92. The maximum absolute atomic E-state index is 14.5. The normalized spacial score (nSPS) is 10.1. The van der Waals surface area contributed by atoms with E-state index in [9.17, 15) is 14.0 Å². The van der Waals surface area contributed by atoms with Crippen LogP contribution in [0.4, 0.5) is 15.8 Å². The number of rotatable bonds is 5. The smallest absolute Gasteiger partial charge is 0.255 e. The Bertz CT molecular complexity index is 1140. The van der Waals surface area contributed by atoms with E-state index in [2.05, 4.69) is 5.32 Å². The third-order valence-electron chi connectivity index (χ3n) is 4.30. The number of halogens is 1. The number of hydrogen-bond donors (Lipinski definition) is 2. The fourth-order valence-corrected chi connectivity index (χ4v) is 2.77. The third-order valence-corrected chi connectivity index (χ3v) is 4.30. The number of ether oxygens (including phenoxy) is 1. The van der Waals surface area contributed by atoms with Gasteiger partial charge in [-0.2, -0.15) is 5.26 Å². The van der Waals surface area contributed by atoms with Crippen LogP contribution in [0.25, 0.3) is 0 Å². The minimum atomic E-state index is -0.921. The molecule has 0 aromatic heterocycles. The Morgan fingerprint density at radius 3 is 2.34 bits per heavy atom. The Morgan fingerprint density at radius 1 is 1.03 bits per heavy atom. The molecular weight excluding hydrogens is 373 g/mol. The Labute approximate surface area is 166 Å². The van der Waals surface area contributed by atoms with E-state index in [1.807, 2.05) is 0 Å². The fourth-order valence-electron chi connectivity index (χ4n) is 2.77. The molecule has 0 bridgehead atoms. The number of hydrogen-bond acceptors (Lipinski definition) is 5. The Morgan fingerprint density at radius 2 is 1.69 bits per heavy atom. The number of carbonyl (C=O) groups excluding carboxylic acids is 2. The summed E-state index contributed by atoms with van der Waals surface area (Å²) in [4.78, 5) is 25.5. The number of nitrogens with zero attached hydrogens (tertiary/aromatic N) is 1. The van der Waals surface area contributed by atoms with Crippen molar-refractivity contribution in [3.63, 3.8) is 0 Å². The molecule has 0 aliphatic rings. The number of methoxy groups -OCH3 is 1. The topological polar surface area (TPSA) is 105 Å². The summed E-state index contributed by atoms with van der Waals surface area (Å²) < 4.78 is 19.5. The Hall–Kier alpha value is -4.18. The molecule has 0 unspecified atom stereocenters. The summed E-state index contributed by atoms with van der Waals surface area (Å²) in [7, 11) is 1.51. The van der Waals surface area contributed by atoms with Gasteiger partial charge in [0.2, 0.25) is 0 Å². The van der Waals surface area contributed by atoms with Gasteiger partial charge in [-0.3, -0.25) is 9.59 Å². The molecule has 29 heavy (non-hydrogen) atoms. The zero-order chi connectivity index (χ0) is 21.0. The quantitative estimate of drug-likeness (QED) is 0.510. The maximum Gasteiger partial charge on any atom is 0.255 e. The highest BCUT2D eigenvalue weighted by atomic mass is 19.1. The summed E-state index contributed by atoms with van der Waals surface area (Å²) in [6.07, 6.45) is 0. The number of nitrogens with one attached hydrogen (secondary N) is 1. The molecule has 7 heteroatoms. The molecule has 1 amide bonds. The van der Waals surface area contributed by atoms with Crippen LogP contribution in [0.1, 0.15) is 31.8 Å². The van der Waals surface area contributed by atoms with Gasteiger partial charge in [-0.25, -0.2) is 4.39 Å². The van der Waals surface area contributed by atoms with E-state index in [1.165, 1.54) is 43.5 Å². The highest BCUT2D eigenvalue weighted by Crippen LogP contribution is 2.28. The van der Waals surface area contributed by atoms with Crippen molar-refractivity contribution in [3.05, 3.63) is 88.7 Å². The van der Waals surface area contributed by atoms with E-state index in [4.69, 9.17) is 15.7 Å². The van der Waals surface area contributed by atoms with Crippen LogP contribution in [0.3, 0.4) is 0 Å². The summed E-state index contributed by atoms with van der Waals surface area (Å²) in [5, 5.41) is 11.6. The van der Waals surface area contributed by atoms with Crippen LogP contribution < -0.4 is 15.8 Å². The predicted octanol–water partition coefficient (Wildman–Crippen LogP) is 3.77. The Balaban J connectivity index is 1.98. The van der Waals surface area contributed by atoms with Crippen LogP contribution in [-0.2, 0) is 0 Å². The van der Waals surface area contributed by atoms with Crippen molar-refractivity contribution in [2.45, 2.75) is 0 Å². The predicted molar refractivity (Wildman–Crippen MR) is 106 cm³/mol. The average Bonchev–Trinajstić information content (AvgIpc) is 2.74. The molecule has 0 heterocycles. The average molecular weight is 389 g/mol. The SMILES string of the molecule is COc1ccc(C(=O)Nc2c(N)cccc2C(=O)c2cccc(C#N)c2F)cc1. The molecular formula is C22H16FN3O3. The number of amides is 1. The fraction of sp³-hybridized carbons (Fsp3) is 0.0455. The number of anilines is 2. The van der Waals surface area contributed by atoms with Crippen molar-refractivity contribution in [1.29, 1.82) is 5.26 Å². The van der Waals surface area contributed by atoms with Crippen LogP contribution in [-0.4, -0.2) is 18.8 Å². The first-order valence-electron chi connectivity index (χ1n) is 8.53. The van der Waals surface area contributed by atoms with Crippen molar-refractivity contribution in [3.8, 4) is 11.8 Å². The molecule has 6 nitrogen and oxygen atoms in total. The molecule has 3 rings (SSSR count). The number of nitrogens with two attached hydrogens (primary N) is 1. The van der Waals surface area contributed by atoms with Crippen molar-refractivity contribution in [2.75, 3.05) is 18.2 Å². The van der Waals surface area contributed by atoms with Gasteiger partial charge >= 0.3 is 0 Å². The number of benzene rings is 3. The van der Waals surface area contributed by atoms with Gasteiger partial charge in [0.1, 0.15) is 11.8 Å². The second-order valence-corrected chi connectivity index (χ2v) is 6.06. The van der Waals surface area contributed by atoms with Gasteiger partial charge in [-0.1, -0.05) is 12.1 Å². The van der Waals surface area contributed by atoms with Gasteiger partial charge in [0.15, 0.2) is 11.6 Å². The molecule has 0 atom stereocenters. The lowest BCUT2D eigenvalue weighted by Gasteiger charge is -2.14. The van der Waals surface area contributed by atoms with E-state index in [-0.39, 0.29) is 28.1 Å². The van der Waals surface area contributed by atoms with Crippen molar-refractivity contribution < 1.29 is 18.7 Å². The first-order chi connectivity index (χ1) is 14.0. The van der Waals surface area contributed by atoms with E-state index >= 15 is 0 Å². The number of nitrogen functional groups attached to an aromatic ring is 1. The Kier molecular flexibility index (Phi) is 5.56. The highest BCUT2D eigenvalue weighted by Gasteiger charge is 2.22. The van der Waals surface area contributed by atoms with Crippen LogP contribution in [0.5, 0.6) is 5.75 Å². The van der Waals surface area contributed by atoms with Crippen LogP contribution >= 0.6 is 0 Å². The summed E-state index contributed by atoms with van der Waals surface area (Å²) in [6, 6.07) is 16.5. The van der Waals surface area contributed by atoms with Gasteiger partial charge < -0.3 is 15.8 Å². The number of ketones is 1. The number of nitriles is 1. The molecule has 0 saturated carbocycles. The molecule has 3 N–H and O–H groups in total.